The number of rotatable bonds is 4. The molecule has 3 N–H and O–H groups in total. The van der Waals surface area contributed by atoms with Crippen LogP contribution in [-0.4, -0.2) is 12.5 Å². The van der Waals surface area contributed by atoms with Crippen LogP contribution in [-0.2, 0) is 11.3 Å². The van der Waals surface area contributed by atoms with Gasteiger partial charge in [-0.2, -0.15) is 0 Å². The highest BCUT2D eigenvalue weighted by atomic mass is 35.5. The Bertz CT molecular complexity index is 349. The van der Waals surface area contributed by atoms with Crippen molar-refractivity contribution < 1.29 is 4.79 Å². The van der Waals surface area contributed by atoms with E-state index in [1.165, 1.54) is 11.3 Å². The van der Waals surface area contributed by atoms with Crippen molar-refractivity contribution in [1.82, 2.24) is 5.32 Å². The molecule has 0 aromatic carbocycles. The highest BCUT2D eigenvalue weighted by molar-refractivity contribution is 7.16. The Hall–Kier alpha value is -0.580. The zero-order chi connectivity index (χ0) is 11.5. The summed E-state index contributed by atoms with van der Waals surface area (Å²) in [4.78, 5) is 12.7. The molecule has 0 aliphatic heterocycles. The molecule has 0 bridgehead atoms. The van der Waals surface area contributed by atoms with E-state index in [4.69, 9.17) is 17.3 Å². The van der Waals surface area contributed by atoms with E-state index in [2.05, 4.69) is 5.32 Å². The third-order valence-electron chi connectivity index (χ3n) is 2.18. The number of carbonyl (C=O) groups excluding carboxylic acids is 1. The van der Waals surface area contributed by atoms with Gasteiger partial charge in [0.15, 0.2) is 0 Å². The molecule has 0 aliphatic carbocycles. The lowest BCUT2D eigenvalue weighted by Crippen LogP contribution is -2.41. The number of nitrogens with one attached hydrogen (secondary N) is 1. The Morgan fingerprint density at radius 2 is 2.27 bits per heavy atom. The van der Waals surface area contributed by atoms with Gasteiger partial charge in [-0.05, 0) is 26.0 Å². The molecule has 3 nitrogen and oxygen atoms in total. The molecule has 0 aliphatic rings. The Morgan fingerprint density at radius 3 is 2.73 bits per heavy atom. The van der Waals surface area contributed by atoms with Crippen LogP contribution in [0.15, 0.2) is 12.1 Å². The van der Waals surface area contributed by atoms with E-state index in [1.807, 2.05) is 26.0 Å². The Labute approximate surface area is 98.6 Å². The van der Waals surface area contributed by atoms with Gasteiger partial charge in [0.05, 0.1) is 16.3 Å². The Kier molecular flexibility index (Phi) is 4.13. The van der Waals surface area contributed by atoms with E-state index in [-0.39, 0.29) is 5.91 Å². The van der Waals surface area contributed by atoms with Crippen molar-refractivity contribution in [3.8, 4) is 0 Å². The van der Waals surface area contributed by atoms with Gasteiger partial charge in [-0.15, -0.1) is 11.3 Å². The van der Waals surface area contributed by atoms with Gasteiger partial charge in [0.2, 0.25) is 5.91 Å². The SMILES string of the molecule is CC(C)(CN)C(=O)NCc1ccc(Cl)s1. The minimum absolute atomic E-state index is 0.0328. The molecule has 1 aromatic rings. The summed E-state index contributed by atoms with van der Waals surface area (Å²) in [5.74, 6) is -0.0328. The number of hydrogen-bond acceptors (Lipinski definition) is 3. The van der Waals surface area contributed by atoms with Crippen LogP contribution in [0.2, 0.25) is 4.34 Å². The topological polar surface area (TPSA) is 55.1 Å². The van der Waals surface area contributed by atoms with Gasteiger partial charge in [0.25, 0.3) is 0 Å². The molecule has 0 radical (unpaired) electrons. The van der Waals surface area contributed by atoms with E-state index in [1.54, 1.807) is 0 Å². The quantitative estimate of drug-likeness (QED) is 0.854. The molecule has 0 saturated heterocycles. The average molecular weight is 247 g/mol. The summed E-state index contributed by atoms with van der Waals surface area (Å²) in [6.07, 6.45) is 0. The normalized spacial score (nSPS) is 11.5. The molecule has 0 spiro atoms. The van der Waals surface area contributed by atoms with Crippen LogP contribution in [0, 0.1) is 5.41 Å². The summed E-state index contributed by atoms with van der Waals surface area (Å²) < 4.78 is 0.734. The fraction of sp³-hybridized carbons (Fsp3) is 0.500. The van der Waals surface area contributed by atoms with Crippen LogP contribution < -0.4 is 11.1 Å². The van der Waals surface area contributed by atoms with Crippen LogP contribution in [0.1, 0.15) is 18.7 Å². The first-order valence-corrected chi connectivity index (χ1v) is 5.88. The minimum Gasteiger partial charge on any atom is -0.351 e. The van der Waals surface area contributed by atoms with Crippen LogP contribution >= 0.6 is 22.9 Å². The smallest absolute Gasteiger partial charge is 0.227 e. The Balaban J connectivity index is 2.47. The molecule has 84 valence electrons. The van der Waals surface area contributed by atoms with Gasteiger partial charge in [-0.3, -0.25) is 4.79 Å². The summed E-state index contributed by atoms with van der Waals surface area (Å²) in [6, 6.07) is 3.73. The zero-order valence-electron chi connectivity index (χ0n) is 8.84. The zero-order valence-corrected chi connectivity index (χ0v) is 10.4. The third-order valence-corrected chi connectivity index (χ3v) is 3.41. The van der Waals surface area contributed by atoms with Crippen LogP contribution in [0.5, 0.6) is 0 Å². The summed E-state index contributed by atoms with van der Waals surface area (Å²) in [5, 5.41) is 2.84. The number of thiophene rings is 1. The number of hydrogen-bond donors (Lipinski definition) is 2. The van der Waals surface area contributed by atoms with Crippen molar-refractivity contribution in [2.75, 3.05) is 6.54 Å². The number of halogens is 1. The van der Waals surface area contributed by atoms with Gasteiger partial charge in [-0.25, -0.2) is 0 Å². The first-order chi connectivity index (χ1) is 6.95. The van der Waals surface area contributed by atoms with Crippen molar-refractivity contribution in [2.24, 2.45) is 11.1 Å². The van der Waals surface area contributed by atoms with E-state index >= 15 is 0 Å². The van der Waals surface area contributed by atoms with Crippen LogP contribution in [0.4, 0.5) is 0 Å². The number of carbonyl (C=O) groups is 1. The molecule has 0 fully saturated rings. The molecule has 1 aromatic heterocycles. The van der Waals surface area contributed by atoms with E-state index in [0.29, 0.717) is 13.1 Å². The van der Waals surface area contributed by atoms with Crippen molar-refractivity contribution in [2.45, 2.75) is 20.4 Å². The maximum atomic E-state index is 11.7. The number of amides is 1. The third kappa shape index (κ3) is 3.48. The van der Waals surface area contributed by atoms with Crippen molar-refractivity contribution in [3.05, 3.63) is 21.3 Å². The lowest BCUT2D eigenvalue weighted by atomic mass is 9.93. The van der Waals surface area contributed by atoms with Gasteiger partial charge in [0.1, 0.15) is 0 Å². The second-order valence-electron chi connectivity index (χ2n) is 3.98. The molecule has 0 saturated carbocycles. The lowest BCUT2D eigenvalue weighted by Gasteiger charge is -2.20. The molecule has 1 heterocycles. The lowest BCUT2D eigenvalue weighted by molar-refractivity contribution is -0.129. The largest absolute Gasteiger partial charge is 0.351 e. The average Bonchev–Trinajstić information content (AvgIpc) is 2.60. The monoisotopic (exact) mass is 246 g/mol. The molecule has 1 amide bonds. The standard InChI is InChI=1S/C10H15ClN2OS/c1-10(2,6-12)9(14)13-5-7-3-4-8(11)15-7/h3-4H,5-6,12H2,1-2H3,(H,13,14). The molecule has 5 heteroatoms. The van der Waals surface area contributed by atoms with Crippen LogP contribution in [0.3, 0.4) is 0 Å². The molecule has 0 atom stereocenters. The van der Waals surface area contributed by atoms with E-state index in [9.17, 15) is 4.79 Å². The molecular formula is C10H15ClN2OS. The van der Waals surface area contributed by atoms with E-state index in [0.717, 1.165) is 9.21 Å². The summed E-state index contributed by atoms with van der Waals surface area (Å²) in [5.41, 5.74) is 4.99. The van der Waals surface area contributed by atoms with Gasteiger partial charge in [0, 0.05) is 11.4 Å². The molecular weight excluding hydrogens is 232 g/mol. The minimum atomic E-state index is -0.513. The maximum Gasteiger partial charge on any atom is 0.227 e. The fourth-order valence-electron chi connectivity index (χ4n) is 0.946. The van der Waals surface area contributed by atoms with Gasteiger partial charge < -0.3 is 11.1 Å². The molecule has 1 rings (SSSR count). The predicted molar refractivity (Wildman–Crippen MR) is 64.0 cm³/mol. The maximum absolute atomic E-state index is 11.7. The molecule has 0 unspecified atom stereocenters. The summed E-state index contributed by atoms with van der Waals surface area (Å²) in [6.45, 7) is 4.50. The second kappa shape index (κ2) is 4.96. The van der Waals surface area contributed by atoms with E-state index < -0.39 is 5.41 Å². The van der Waals surface area contributed by atoms with Gasteiger partial charge in [-0.1, -0.05) is 11.6 Å². The number of nitrogens with two attached hydrogens (primary N) is 1. The van der Waals surface area contributed by atoms with Gasteiger partial charge >= 0.3 is 0 Å². The summed E-state index contributed by atoms with van der Waals surface area (Å²) in [7, 11) is 0. The molecule has 15 heavy (non-hydrogen) atoms. The van der Waals surface area contributed by atoms with Crippen LogP contribution in [0.25, 0.3) is 0 Å². The van der Waals surface area contributed by atoms with Crippen molar-refractivity contribution in [3.63, 3.8) is 0 Å². The van der Waals surface area contributed by atoms with Crippen molar-refractivity contribution in [1.29, 1.82) is 0 Å². The Morgan fingerprint density at radius 1 is 1.60 bits per heavy atom. The highest BCUT2D eigenvalue weighted by Gasteiger charge is 2.25. The summed E-state index contributed by atoms with van der Waals surface area (Å²) >= 11 is 7.25. The first-order valence-electron chi connectivity index (χ1n) is 4.68. The fourth-order valence-corrected chi connectivity index (χ4v) is 1.97. The predicted octanol–water partition coefficient (Wildman–Crippen LogP) is 2.00. The first kappa shape index (κ1) is 12.5. The van der Waals surface area contributed by atoms with Crippen molar-refractivity contribution >= 4 is 28.8 Å². The highest BCUT2D eigenvalue weighted by Crippen LogP contribution is 2.21. The second-order valence-corrected chi connectivity index (χ2v) is 5.78.